The van der Waals surface area contributed by atoms with Gasteiger partial charge < -0.3 is 34.9 Å². The third-order valence-electron chi connectivity index (χ3n) is 8.76. The van der Waals surface area contributed by atoms with Crippen molar-refractivity contribution in [3.63, 3.8) is 0 Å². The minimum atomic E-state index is -0.407. The molecule has 0 unspecified atom stereocenters. The number of rotatable bonds is 7. The summed E-state index contributed by atoms with van der Waals surface area (Å²) in [5, 5.41) is 8.86. The van der Waals surface area contributed by atoms with E-state index in [4.69, 9.17) is 20.3 Å². The van der Waals surface area contributed by atoms with Crippen LogP contribution >= 0.6 is 0 Å². The van der Waals surface area contributed by atoms with E-state index in [2.05, 4.69) is 39.2 Å². The number of nitrogens with two attached hydrogens (primary N) is 1. The molecule has 7 rings (SSSR count). The molecule has 0 spiro atoms. The van der Waals surface area contributed by atoms with Crippen molar-refractivity contribution in [3.8, 4) is 22.8 Å². The van der Waals surface area contributed by atoms with Crippen LogP contribution in [0.2, 0.25) is 0 Å². The van der Waals surface area contributed by atoms with Gasteiger partial charge in [0.15, 0.2) is 17.1 Å². The number of nitrogens with one attached hydrogen (secondary N) is 1. The number of hydrogen-bond donors (Lipinski definition) is 2. The lowest BCUT2D eigenvalue weighted by molar-refractivity contribution is 0.101. The van der Waals surface area contributed by atoms with Crippen LogP contribution < -0.4 is 20.5 Å². The van der Waals surface area contributed by atoms with E-state index in [-0.39, 0.29) is 12.6 Å². The lowest BCUT2D eigenvalue weighted by Crippen LogP contribution is -2.42. The molecule has 5 aromatic rings. The number of anilines is 2. The Balaban J connectivity index is 1.18. The minimum Gasteiger partial charge on any atom is -0.453 e. The topological polar surface area (TPSA) is 129 Å². The van der Waals surface area contributed by atoms with Crippen LogP contribution in [0.25, 0.3) is 33.2 Å². The number of piperidine rings is 1. The number of carbonyl (C=O) groups excluding carboxylic acids is 1. The monoisotopic (exact) mass is 599 g/mol. The lowest BCUT2D eigenvalue weighted by atomic mass is 10.0. The first kappa shape index (κ1) is 28.0. The van der Waals surface area contributed by atoms with Crippen LogP contribution in [0.1, 0.15) is 23.3 Å². The number of aromatic nitrogens is 5. The second-order valence-electron chi connectivity index (χ2n) is 11.5. The summed E-state index contributed by atoms with van der Waals surface area (Å²) in [5.74, 6) is 0.337. The second-order valence-corrected chi connectivity index (χ2v) is 11.5. The highest BCUT2D eigenvalue weighted by atomic mass is 19.1. The van der Waals surface area contributed by atoms with Crippen molar-refractivity contribution in [2.75, 3.05) is 51.6 Å². The van der Waals surface area contributed by atoms with Gasteiger partial charge in [0.2, 0.25) is 6.79 Å². The third kappa shape index (κ3) is 4.77. The quantitative estimate of drug-likeness (QED) is 0.288. The molecule has 228 valence electrons. The fourth-order valence-corrected chi connectivity index (χ4v) is 6.28. The Bertz CT molecular complexity index is 1890. The first-order valence-electron chi connectivity index (χ1n) is 14.6. The van der Waals surface area contributed by atoms with Crippen molar-refractivity contribution < 1.29 is 18.7 Å². The average molecular weight is 600 g/mol. The smallest absolute Gasteiger partial charge is 0.272 e. The number of fused-ring (bicyclic) bond motifs is 3. The molecule has 2 aliphatic heterocycles. The van der Waals surface area contributed by atoms with Gasteiger partial charge >= 0.3 is 0 Å². The molecule has 5 heterocycles. The van der Waals surface area contributed by atoms with Gasteiger partial charge in [-0.15, -0.1) is 0 Å². The van der Waals surface area contributed by atoms with E-state index in [1.54, 1.807) is 29.8 Å². The van der Waals surface area contributed by atoms with Crippen LogP contribution in [0.15, 0.2) is 42.7 Å². The highest BCUT2D eigenvalue weighted by Crippen LogP contribution is 2.47. The normalized spacial score (nSPS) is 15.6. The van der Waals surface area contributed by atoms with Gasteiger partial charge in [-0.05, 0) is 70.4 Å². The highest BCUT2D eigenvalue weighted by molar-refractivity contribution is 6.08. The van der Waals surface area contributed by atoms with E-state index < -0.39 is 5.91 Å². The van der Waals surface area contributed by atoms with Gasteiger partial charge in [0.1, 0.15) is 29.4 Å². The van der Waals surface area contributed by atoms with Crippen molar-refractivity contribution in [2.24, 2.45) is 7.05 Å². The summed E-state index contributed by atoms with van der Waals surface area (Å²) in [7, 11) is 6.01. The number of nitrogens with zero attached hydrogens (tertiary/aromatic N) is 7. The zero-order valence-electron chi connectivity index (χ0n) is 24.9. The van der Waals surface area contributed by atoms with Gasteiger partial charge in [0.05, 0.1) is 23.1 Å². The predicted molar refractivity (Wildman–Crippen MR) is 165 cm³/mol. The largest absolute Gasteiger partial charge is 0.453 e. The van der Waals surface area contributed by atoms with Crippen molar-refractivity contribution in [2.45, 2.75) is 25.4 Å². The zero-order valence-corrected chi connectivity index (χ0v) is 24.9. The van der Waals surface area contributed by atoms with Crippen LogP contribution in [-0.4, -0.2) is 86.6 Å². The zero-order chi connectivity index (χ0) is 30.5. The summed E-state index contributed by atoms with van der Waals surface area (Å²) in [6.45, 7) is 3.51. The number of amides is 1. The van der Waals surface area contributed by atoms with Crippen molar-refractivity contribution in [3.05, 3.63) is 54.2 Å². The summed E-state index contributed by atoms with van der Waals surface area (Å²) < 4.78 is 29.6. The molecule has 2 aromatic carbocycles. The van der Waals surface area contributed by atoms with Crippen LogP contribution in [-0.2, 0) is 13.6 Å². The van der Waals surface area contributed by atoms with Gasteiger partial charge in [0.25, 0.3) is 5.91 Å². The molecule has 0 atom stereocenters. The summed E-state index contributed by atoms with van der Waals surface area (Å²) in [4.78, 5) is 26.9. The molecular weight excluding hydrogens is 565 g/mol. The van der Waals surface area contributed by atoms with Gasteiger partial charge in [-0.25, -0.2) is 19.0 Å². The number of ether oxygens (including phenoxy) is 2. The molecule has 1 fully saturated rings. The first-order valence-corrected chi connectivity index (χ1v) is 14.6. The summed E-state index contributed by atoms with van der Waals surface area (Å²) in [6.07, 6.45) is 3.72. The molecule has 0 radical (unpaired) electrons. The summed E-state index contributed by atoms with van der Waals surface area (Å²) >= 11 is 0. The van der Waals surface area contributed by atoms with Crippen LogP contribution in [0.4, 0.5) is 15.9 Å². The van der Waals surface area contributed by atoms with E-state index in [1.165, 1.54) is 18.5 Å². The number of carbonyl (C=O) groups is 1. The molecule has 13 heteroatoms. The van der Waals surface area contributed by atoms with Crippen molar-refractivity contribution >= 4 is 39.3 Å². The molecule has 1 amide bonds. The van der Waals surface area contributed by atoms with Crippen LogP contribution in [0.5, 0.6) is 11.5 Å². The number of hydrogen-bond acceptors (Lipinski definition) is 9. The first-order chi connectivity index (χ1) is 21.3. The van der Waals surface area contributed by atoms with E-state index in [1.807, 2.05) is 10.7 Å². The number of nitrogen functional groups attached to an aromatic ring is 1. The molecule has 0 aliphatic carbocycles. The van der Waals surface area contributed by atoms with Crippen LogP contribution in [0.3, 0.4) is 0 Å². The molecule has 0 bridgehead atoms. The number of benzene rings is 2. The Morgan fingerprint density at radius 1 is 1.11 bits per heavy atom. The maximum Gasteiger partial charge on any atom is 0.272 e. The molecular formula is C31H34FN9O3. The Morgan fingerprint density at radius 2 is 1.91 bits per heavy atom. The van der Waals surface area contributed by atoms with Gasteiger partial charge in [-0.2, -0.15) is 5.10 Å². The molecule has 12 nitrogen and oxygen atoms in total. The third-order valence-corrected chi connectivity index (χ3v) is 8.76. The fraction of sp³-hybridized carbons (Fsp3) is 0.355. The minimum absolute atomic E-state index is 0.0258. The maximum atomic E-state index is 14.4. The number of likely N-dealkylation sites (tertiary alicyclic amines) is 1. The predicted octanol–water partition coefficient (Wildman–Crippen LogP) is 3.71. The molecule has 44 heavy (non-hydrogen) atoms. The summed E-state index contributed by atoms with van der Waals surface area (Å²) in [5.41, 5.74) is 9.60. The Hall–Kier alpha value is -4.75. The number of halogens is 1. The lowest BCUT2D eigenvalue weighted by Gasteiger charge is -2.35. The standard InChI is InChI=1S/C31H34FN9O3/c1-38(2)18-9-11-40(12-10-18)13-14-41-30-25(29(33)34-16-35-30)26(37-41)19-7-8-22(28-27(19)43-17-44-28)36-31(42)24-15-20-21(32)5-4-6-23(20)39(24)3/h4-8,15-16,18H,9-14,17H2,1-3H3,(H,36,42)(H2,33,34,35). The van der Waals surface area contributed by atoms with E-state index >= 15 is 0 Å². The Kier molecular flexibility index (Phi) is 7.05. The SMILES string of the molecule is CN(C)C1CCN(CCn2nc(-c3ccc(NC(=O)c4cc5c(F)cccc5n4C)c4c3OCO4)c3c(N)ncnc32)CC1. The van der Waals surface area contributed by atoms with Crippen molar-refractivity contribution in [1.82, 2.24) is 34.1 Å². The molecule has 1 saturated heterocycles. The summed E-state index contributed by atoms with van der Waals surface area (Å²) in [6, 6.07) is 10.5. The molecule has 2 aliphatic rings. The molecule has 3 aromatic heterocycles. The van der Waals surface area contributed by atoms with E-state index in [0.717, 1.165) is 32.5 Å². The Labute approximate surface area is 253 Å². The van der Waals surface area contributed by atoms with E-state index in [9.17, 15) is 9.18 Å². The van der Waals surface area contributed by atoms with Crippen LogP contribution in [0, 0.1) is 5.82 Å². The highest BCUT2D eigenvalue weighted by Gasteiger charge is 2.29. The second kappa shape index (κ2) is 11.1. The average Bonchev–Trinajstić information content (AvgIpc) is 3.74. The maximum absolute atomic E-state index is 14.4. The van der Waals surface area contributed by atoms with Gasteiger partial charge in [0, 0.05) is 30.6 Å². The number of aryl methyl sites for hydroxylation is 1. The Morgan fingerprint density at radius 3 is 2.68 bits per heavy atom. The van der Waals surface area contributed by atoms with E-state index in [0.29, 0.717) is 74.5 Å². The van der Waals surface area contributed by atoms with Gasteiger partial charge in [-0.1, -0.05) is 6.07 Å². The molecule has 0 saturated carbocycles. The van der Waals surface area contributed by atoms with Crippen molar-refractivity contribution in [1.29, 1.82) is 0 Å². The van der Waals surface area contributed by atoms with Gasteiger partial charge in [-0.3, -0.25) is 4.79 Å². The fourth-order valence-electron chi connectivity index (χ4n) is 6.28. The molecule has 3 N–H and O–H groups in total.